The zero-order chi connectivity index (χ0) is 11.5. The predicted octanol–water partition coefficient (Wildman–Crippen LogP) is -3.46. The zero-order valence-electron chi connectivity index (χ0n) is 10.7. The molecule has 0 aliphatic carbocycles. The number of carboxylic acids is 2. The molecule has 5 nitrogen and oxygen atoms in total. The molecule has 0 aromatic heterocycles. The van der Waals surface area contributed by atoms with E-state index in [0.29, 0.717) is 23.3 Å². The summed E-state index contributed by atoms with van der Waals surface area (Å²) in [6.07, 6.45) is 2.18. The molecule has 2 unspecified atom stereocenters. The quantitative estimate of drug-likeness (QED) is 0.511. The van der Waals surface area contributed by atoms with Gasteiger partial charge in [-0.15, -0.1) is 0 Å². The summed E-state index contributed by atoms with van der Waals surface area (Å²) in [4.78, 5) is 21.6. The fraction of sp³-hybridized carbons (Fsp3) is 0.778. The molecular weight excluding hydrogens is 239 g/mol. The van der Waals surface area contributed by atoms with Crippen molar-refractivity contribution in [2.75, 3.05) is 6.61 Å². The Bertz CT molecular complexity index is 270. The molecule has 88 valence electrons. The monoisotopic (exact) mass is 256 g/mol. The van der Waals surface area contributed by atoms with Crippen LogP contribution >= 0.6 is 0 Å². The first-order valence-corrected chi connectivity index (χ1v) is 6.04. The third-order valence-corrected chi connectivity index (χ3v) is 4.40. The molecule has 0 amide bonds. The van der Waals surface area contributed by atoms with Gasteiger partial charge in [-0.05, 0) is 19.3 Å². The van der Waals surface area contributed by atoms with Crippen LogP contribution in [-0.4, -0.2) is 44.2 Å². The van der Waals surface area contributed by atoms with Gasteiger partial charge in [0.15, 0.2) is 0 Å². The summed E-state index contributed by atoms with van der Waals surface area (Å²) in [6, 6.07) is 0. The van der Waals surface area contributed by atoms with Gasteiger partial charge in [-0.1, -0.05) is 0 Å². The van der Waals surface area contributed by atoms with Crippen molar-refractivity contribution in [2.45, 2.75) is 30.9 Å². The van der Waals surface area contributed by atoms with Gasteiger partial charge < -0.3 is 16.4 Å². The molecule has 1 aliphatic heterocycles. The van der Waals surface area contributed by atoms with Gasteiger partial charge in [0.05, 0.1) is 17.6 Å². The van der Waals surface area contributed by atoms with E-state index in [2.05, 4.69) is 0 Å². The third kappa shape index (κ3) is 4.18. The van der Waals surface area contributed by atoms with E-state index < -0.39 is 23.1 Å². The Hall–Kier alpha value is 0.117. The Labute approximate surface area is 121 Å². The molecule has 0 aromatic rings. The molecule has 2 atom stereocenters. The molecule has 7 heteroatoms. The number of rotatable bonds is 4. The summed E-state index contributed by atoms with van der Waals surface area (Å²) in [6.45, 7) is 0.549. The number of hydrogen-bond donors (Lipinski definition) is 2. The average Bonchev–Trinajstić information content (AvgIpc) is 2.14. The van der Waals surface area contributed by atoms with Gasteiger partial charge in [-0.2, -0.15) is 0 Å². The summed E-state index contributed by atoms with van der Waals surface area (Å²) in [7, 11) is 0.550. The minimum Gasteiger partial charge on any atom is -1.00 e. The molecule has 1 saturated heterocycles. The Morgan fingerprint density at radius 1 is 1.44 bits per heavy atom. The van der Waals surface area contributed by atoms with Gasteiger partial charge in [-0.3, -0.25) is 9.59 Å². The first kappa shape index (κ1) is 16.1. The molecule has 1 aliphatic rings. The number of aliphatic carboxylic acids is 2. The smallest absolute Gasteiger partial charge is 1.00 e. The summed E-state index contributed by atoms with van der Waals surface area (Å²) < 4.78 is 5.51. The Kier molecular flexibility index (Phi) is 6.81. The van der Waals surface area contributed by atoms with E-state index in [1.807, 2.05) is 0 Å². The van der Waals surface area contributed by atoms with Gasteiger partial charge in [0, 0.05) is 16.8 Å². The second-order valence-electron chi connectivity index (χ2n) is 4.11. The standard InChI is InChI=1S/C9H16O5Si.Na.H/c10-7(11)5-6(8(12)13)9(15)3-1-2-4-14-9;;/h6H,1-5H2,15H3,(H,10,11)(H,12,13);;/q;+1;-1. The van der Waals surface area contributed by atoms with Crippen molar-refractivity contribution in [1.82, 2.24) is 0 Å². The van der Waals surface area contributed by atoms with Crippen molar-refractivity contribution < 1.29 is 55.5 Å². The van der Waals surface area contributed by atoms with Crippen LogP contribution in [0, 0.1) is 5.92 Å². The Morgan fingerprint density at radius 3 is 2.44 bits per heavy atom. The fourth-order valence-electron chi connectivity index (χ4n) is 1.97. The molecule has 0 spiro atoms. The summed E-state index contributed by atoms with van der Waals surface area (Å²) in [5, 5.41) is 17.0. The van der Waals surface area contributed by atoms with Crippen molar-refractivity contribution in [2.24, 2.45) is 5.92 Å². The number of ether oxygens (including phenoxy) is 1. The topological polar surface area (TPSA) is 83.8 Å². The molecular formula is C9H17NaO5Si. The van der Waals surface area contributed by atoms with Crippen LogP contribution in [0.15, 0.2) is 0 Å². The van der Waals surface area contributed by atoms with Crippen LogP contribution in [0.5, 0.6) is 0 Å². The van der Waals surface area contributed by atoms with Crippen molar-refractivity contribution in [3.8, 4) is 0 Å². The van der Waals surface area contributed by atoms with Gasteiger partial charge in [-0.25, -0.2) is 0 Å². The summed E-state index contributed by atoms with van der Waals surface area (Å²) in [5.41, 5.74) is 0. The zero-order valence-corrected chi connectivity index (χ0v) is 13.7. The maximum Gasteiger partial charge on any atom is 1.00 e. The van der Waals surface area contributed by atoms with Crippen LogP contribution < -0.4 is 29.6 Å². The first-order valence-electron chi connectivity index (χ1n) is 5.04. The van der Waals surface area contributed by atoms with Crippen molar-refractivity contribution in [1.29, 1.82) is 0 Å². The molecule has 0 radical (unpaired) electrons. The van der Waals surface area contributed by atoms with E-state index in [9.17, 15) is 9.59 Å². The van der Waals surface area contributed by atoms with E-state index in [0.717, 1.165) is 12.8 Å². The molecule has 16 heavy (non-hydrogen) atoms. The van der Waals surface area contributed by atoms with Gasteiger partial charge >= 0.3 is 41.5 Å². The van der Waals surface area contributed by atoms with E-state index >= 15 is 0 Å². The molecule has 0 bridgehead atoms. The van der Waals surface area contributed by atoms with Crippen LogP contribution in [0.25, 0.3) is 0 Å². The molecule has 1 fully saturated rings. The van der Waals surface area contributed by atoms with Gasteiger partial charge in [0.25, 0.3) is 0 Å². The molecule has 1 heterocycles. The number of carboxylic acid groups (broad SMARTS) is 2. The van der Waals surface area contributed by atoms with Crippen molar-refractivity contribution >= 4 is 22.2 Å². The van der Waals surface area contributed by atoms with Gasteiger partial charge in [0.2, 0.25) is 0 Å². The van der Waals surface area contributed by atoms with Crippen LogP contribution in [0.4, 0.5) is 0 Å². The number of carbonyl (C=O) groups is 2. The van der Waals surface area contributed by atoms with E-state index in [1.54, 1.807) is 0 Å². The fourth-order valence-corrected chi connectivity index (χ4v) is 2.98. The van der Waals surface area contributed by atoms with Crippen LogP contribution in [0.2, 0.25) is 0 Å². The predicted molar refractivity (Wildman–Crippen MR) is 57.0 cm³/mol. The maximum absolute atomic E-state index is 11.0. The largest absolute Gasteiger partial charge is 1.00 e. The summed E-state index contributed by atoms with van der Waals surface area (Å²) >= 11 is 0. The van der Waals surface area contributed by atoms with Gasteiger partial charge in [0.1, 0.15) is 0 Å². The summed E-state index contributed by atoms with van der Waals surface area (Å²) in [5.74, 6) is -3.04. The van der Waals surface area contributed by atoms with Crippen molar-refractivity contribution in [3.05, 3.63) is 0 Å². The number of hydrogen-bond acceptors (Lipinski definition) is 3. The Morgan fingerprint density at radius 2 is 2.06 bits per heavy atom. The molecule has 0 saturated carbocycles. The van der Waals surface area contributed by atoms with Crippen LogP contribution in [0.1, 0.15) is 27.1 Å². The van der Waals surface area contributed by atoms with E-state index in [-0.39, 0.29) is 37.4 Å². The van der Waals surface area contributed by atoms with Crippen LogP contribution in [0.3, 0.4) is 0 Å². The SMILES string of the molecule is O=C(O)CC(C(=O)O)C1([SiH3])CCCCO1.[H-].[Na+]. The minimum absolute atomic E-state index is 0. The second kappa shape index (κ2) is 6.76. The first-order chi connectivity index (χ1) is 6.96. The molecule has 2 N–H and O–H groups in total. The molecule has 0 aromatic carbocycles. The third-order valence-electron chi connectivity index (χ3n) is 2.91. The normalized spacial score (nSPS) is 26.8. The minimum atomic E-state index is -1.08. The maximum atomic E-state index is 11.0. The van der Waals surface area contributed by atoms with Crippen LogP contribution in [-0.2, 0) is 14.3 Å². The second-order valence-corrected chi connectivity index (χ2v) is 5.80. The van der Waals surface area contributed by atoms with E-state index in [4.69, 9.17) is 14.9 Å². The average molecular weight is 256 g/mol. The van der Waals surface area contributed by atoms with E-state index in [1.165, 1.54) is 0 Å². The molecule has 1 rings (SSSR count). The van der Waals surface area contributed by atoms with Crippen molar-refractivity contribution in [3.63, 3.8) is 0 Å². The Balaban J connectivity index is 0.